The number of amidine groups is 1. The molecular weight excluding hydrogens is 224 g/mol. The molecule has 0 amide bonds. The van der Waals surface area contributed by atoms with Crippen molar-refractivity contribution in [2.45, 2.75) is 13.3 Å². The SMILES string of the molecule is Cc1cc(C#N)ccc1C(=CN)C1=NCCCN1. The molecule has 0 aliphatic carbocycles. The van der Waals surface area contributed by atoms with Crippen LogP contribution in [0.25, 0.3) is 5.57 Å². The molecule has 4 nitrogen and oxygen atoms in total. The van der Waals surface area contributed by atoms with Gasteiger partial charge in [0.25, 0.3) is 0 Å². The van der Waals surface area contributed by atoms with Crippen LogP contribution in [0.5, 0.6) is 0 Å². The van der Waals surface area contributed by atoms with E-state index in [9.17, 15) is 0 Å². The monoisotopic (exact) mass is 240 g/mol. The van der Waals surface area contributed by atoms with Crippen LogP contribution >= 0.6 is 0 Å². The number of aryl methyl sites for hydroxylation is 1. The van der Waals surface area contributed by atoms with Crippen molar-refractivity contribution in [3.8, 4) is 6.07 Å². The van der Waals surface area contributed by atoms with Crippen LogP contribution in [0, 0.1) is 18.3 Å². The van der Waals surface area contributed by atoms with Crippen molar-refractivity contribution in [3.63, 3.8) is 0 Å². The lowest BCUT2D eigenvalue weighted by molar-refractivity contribution is 0.746. The highest BCUT2D eigenvalue weighted by Crippen LogP contribution is 2.21. The summed E-state index contributed by atoms with van der Waals surface area (Å²) in [5.41, 5.74) is 9.33. The third-order valence-electron chi connectivity index (χ3n) is 2.96. The number of benzene rings is 1. The molecule has 0 atom stereocenters. The Hall–Kier alpha value is -2.28. The summed E-state index contributed by atoms with van der Waals surface area (Å²) in [5.74, 6) is 0.844. The average molecular weight is 240 g/mol. The molecule has 1 aromatic carbocycles. The lowest BCUT2D eigenvalue weighted by Gasteiger charge is -2.18. The minimum atomic E-state index is 0.658. The maximum Gasteiger partial charge on any atom is 0.130 e. The van der Waals surface area contributed by atoms with Gasteiger partial charge in [-0.2, -0.15) is 5.26 Å². The summed E-state index contributed by atoms with van der Waals surface area (Å²) in [5, 5.41) is 12.1. The third-order valence-corrected chi connectivity index (χ3v) is 2.96. The van der Waals surface area contributed by atoms with E-state index in [0.29, 0.717) is 5.56 Å². The molecule has 0 radical (unpaired) electrons. The van der Waals surface area contributed by atoms with Crippen molar-refractivity contribution >= 4 is 11.4 Å². The summed E-state index contributed by atoms with van der Waals surface area (Å²) in [7, 11) is 0. The standard InChI is InChI=1S/C14H16N4/c1-10-7-11(8-15)3-4-12(10)13(9-16)14-17-5-2-6-18-14/h3-4,7,9H,2,5-6,16H2,1H3,(H,17,18). The molecule has 0 saturated carbocycles. The minimum Gasteiger partial charge on any atom is -0.404 e. The van der Waals surface area contributed by atoms with Gasteiger partial charge >= 0.3 is 0 Å². The highest BCUT2D eigenvalue weighted by atomic mass is 15.0. The van der Waals surface area contributed by atoms with Gasteiger partial charge in [-0.1, -0.05) is 6.07 Å². The molecule has 0 aromatic heterocycles. The molecular formula is C14H16N4. The van der Waals surface area contributed by atoms with Crippen LogP contribution in [-0.4, -0.2) is 18.9 Å². The van der Waals surface area contributed by atoms with Gasteiger partial charge in [-0.15, -0.1) is 0 Å². The lowest BCUT2D eigenvalue weighted by Crippen LogP contribution is -2.30. The lowest BCUT2D eigenvalue weighted by atomic mass is 9.98. The topological polar surface area (TPSA) is 74.2 Å². The van der Waals surface area contributed by atoms with Gasteiger partial charge in [0, 0.05) is 24.9 Å². The van der Waals surface area contributed by atoms with Crippen molar-refractivity contribution in [2.75, 3.05) is 13.1 Å². The molecule has 0 unspecified atom stereocenters. The van der Waals surface area contributed by atoms with Gasteiger partial charge in [0.1, 0.15) is 5.84 Å². The maximum absolute atomic E-state index is 8.87. The van der Waals surface area contributed by atoms with Crippen LogP contribution in [-0.2, 0) is 0 Å². The Balaban J connectivity index is 2.40. The Morgan fingerprint density at radius 1 is 1.56 bits per heavy atom. The minimum absolute atomic E-state index is 0.658. The highest BCUT2D eigenvalue weighted by Gasteiger charge is 2.13. The number of hydrogen-bond donors (Lipinski definition) is 2. The van der Waals surface area contributed by atoms with Gasteiger partial charge in [-0.3, -0.25) is 4.99 Å². The summed E-state index contributed by atoms with van der Waals surface area (Å²) in [6, 6.07) is 7.72. The first kappa shape index (κ1) is 12.2. The zero-order valence-corrected chi connectivity index (χ0v) is 10.4. The quantitative estimate of drug-likeness (QED) is 0.823. The van der Waals surface area contributed by atoms with Crippen molar-refractivity contribution in [1.29, 1.82) is 5.26 Å². The van der Waals surface area contributed by atoms with Gasteiger partial charge in [-0.25, -0.2) is 0 Å². The summed E-state index contributed by atoms with van der Waals surface area (Å²) < 4.78 is 0. The number of rotatable bonds is 2. The van der Waals surface area contributed by atoms with Crippen LogP contribution in [0.15, 0.2) is 29.4 Å². The zero-order valence-electron chi connectivity index (χ0n) is 10.4. The fourth-order valence-corrected chi connectivity index (χ4v) is 2.04. The van der Waals surface area contributed by atoms with Crippen molar-refractivity contribution in [1.82, 2.24) is 5.32 Å². The summed E-state index contributed by atoms with van der Waals surface area (Å²) in [6.07, 6.45) is 2.62. The number of hydrogen-bond acceptors (Lipinski definition) is 4. The molecule has 1 aliphatic rings. The molecule has 0 fully saturated rings. The third kappa shape index (κ3) is 2.35. The fourth-order valence-electron chi connectivity index (χ4n) is 2.04. The molecule has 92 valence electrons. The summed E-state index contributed by atoms with van der Waals surface area (Å²) in [4.78, 5) is 4.45. The van der Waals surface area contributed by atoms with E-state index in [1.165, 1.54) is 0 Å². The fraction of sp³-hybridized carbons (Fsp3) is 0.286. The van der Waals surface area contributed by atoms with E-state index in [1.807, 2.05) is 19.1 Å². The Bertz CT molecular complexity index is 549. The number of nitriles is 1. The maximum atomic E-state index is 8.87. The Kier molecular flexibility index (Phi) is 3.63. The molecule has 1 aliphatic heterocycles. The predicted octanol–water partition coefficient (Wildman–Crippen LogP) is 1.56. The van der Waals surface area contributed by atoms with Gasteiger partial charge in [0.15, 0.2) is 0 Å². The highest BCUT2D eigenvalue weighted by molar-refractivity contribution is 6.23. The van der Waals surface area contributed by atoms with Crippen molar-refractivity contribution < 1.29 is 0 Å². The summed E-state index contributed by atoms with van der Waals surface area (Å²) in [6.45, 7) is 3.73. The molecule has 3 N–H and O–H groups in total. The van der Waals surface area contributed by atoms with Crippen LogP contribution in [0.1, 0.15) is 23.1 Å². The largest absolute Gasteiger partial charge is 0.404 e. The Labute approximate surface area is 107 Å². The molecule has 18 heavy (non-hydrogen) atoms. The van der Waals surface area contributed by atoms with Crippen LogP contribution in [0.2, 0.25) is 0 Å². The first-order valence-corrected chi connectivity index (χ1v) is 5.98. The van der Waals surface area contributed by atoms with Crippen molar-refractivity contribution in [3.05, 3.63) is 41.1 Å². The van der Waals surface area contributed by atoms with Crippen LogP contribution in [0.3, 0.4) is 0 Å². The molecule has 0 bridgehead atoms. The van der Waals surface area contributed by atoms with E-state index in [2.05, 4.69) is 16.4 Å². The number of nitrogens with two attached hydrogens (primary N) is 1. The second kappa shape index (κ2) is 5.37. The molecule has 0 spiro atoms. The van der Waals surface area contributed by atoms with Crippen molar-refractivity contribution in [2.24, 2.45) is 10.7 Å². The molecule has 0 saturated heterocycles. The second-order valence-corrected chi connectivity index (χ2v) is 4.23. The Morgan fingerprint density at radius 3 is 2.94 bits per heavy atom. The number of nitrogens with zero attached hydrogens (tertiary/aromatic N) is 2. The molecule has 4 heteroatoms. The number of aliphatic imine (C=N–C) groups is 1. The first-order chi connectivity index (χ1) is 8.76. The van der Waals surface area contributed by atoms with E-state index in [4.69, 9.17) is 11.0 Å². The van der Waals surface area contributed by atoms with E-state index < -0.39 is 0 Å². The van der Waals surface area contributed by atoms with E-state index in [-0.39, 0.29) is 0 Å². The number of nitrogens with one attached hydrogen (secondary N) is 1. The van der Waals surface area contributed by atoms with Gasteiger partial charge in [-0.05, 0) is 36.6 Å². The predicted molar refractivity (Wildman–Crippen MR) is 73.0 cm³/mol. The Morgan fingerprint density at radius 2 is 2.39 bits per heavy atom. The molecule has 1 aromatic rings. The first-order valence-electron chi connectivity index (χ1n) is 5.98. The van der Waals surface area contributed by atoms with E-state index in [1.54, 1.807) is 12.3 Å². The molecule has 1 heterocycles. The van der Waals surface area contributed by atoms with Crippen LogP contribution < -0.4 is 11.1 Å². The van der Waals surface area contributed by atoms with Gasteiger partial charge in [0.2, 0.25) is 0 Å². The van der Waals surface area contributed by atoms with Gasteiger partial charge in [0.05, 0.1) is 11.6 Å². The second-order valence-electron chi connectivity index (χ2n) is 4.23. The van der Waals surface area contributed by atoms with E-state index >= 15 is 0 Å². The normalized spacial score (nSPS) is 15.6. The summed E-state index contributed by atoms with van der Waals surface area (Å²) >= 11 is 0. The van der Waals surface area contributed by atoms with E-state index in [0.717, 1.165) is 42.0 Å². The smallest absolute Gasteiger partial charge is 0.130 e. The van der Waals surface area contributed by atoms with Gasteiger partial charge < -0.3 is 11.1 Å². The average Bonchev–Trinajstić information content (AvgIpc) is 2.42. The molecule has 2 rings (SSSR count). The zero-order chi connectivity index (χ0) is 13.0. The van der Waals surface area contributed by atoms with Crippen LogP contribution in [0.4, 0.5) is 0 Å².